The Labute approximate surface area is 235 Å². The summed E-state index contributed by atoms with van der Waals surface area (Å²) < 4.78 is 45.8. The van der Waals surface area contributed by atoms with Crippen LogP contribution >= 0.6 is 0 Å². The molecule has 0 spiro atoms. The summed E-state index contributed by atoms with van der Waals surface area (Å²) in [5.74, 6) is -1.99. The Morgan fingerprint density at radius 1 is 1.10 bits per heavy atom. The van der Waals surface area contributed by atoms with E-state index in [2.05, 4.69) is 25.0 Å². The summed E-state index contributed by atoms with van der Waals surface area (Å²) in [5.41, 5.74) is 1.37. The molecule has 2 amide bonds. The van der Waals surface area contributed by atoms with E-state index in [1.54, 1.807) is 0 Å². The van der Waals surface area contributed by atoms with Crippen molar-refractivity contribution in [3.05, 3.63) is 58.9 Å². The Morgan fingerprint density at radius 3 is 2.42 bits per heavy atom. The van der Waals surface area contributed by atoms with Crippen molar-refractivity contribution in [1.82, 2.24) is 4.90 Å². The molecule has 9 nitrogen and oxygen atoms in total. The second kappa shape index (κ2) is 12.9. The highest BCUT2D eigenvalue weighted by molar-refractivity contribution is 7.92. The van der Waals surface area contributed by atoms with Gasteiger partial charge >= 0.3 is 12.1 Å². The van der Waals surface area contributed by atoms with Crippen molar-refractivity contribution >= 4 is 41.6 Å². The number of carboxylic acids is 1. The monoisotopic (exact) mass is 592 g/mol. The molecule has 2 aromatic carbocycles. The lowest BCUT2D eigenvalue weighted by molar-refractivity contribution is -0.136. The van der Waals surface area contributed by atoms with Crippen LogP contribution in [0.1, 0.15) is 36.0 Å². The van der Waals surface area contributed by atoms with Gasteiger partial charge in [0.15, 0.2) is 9.84 Å². The summed E-state index contributed by atoms with van der Waals surface area (Å²) in [6.07, 6.45) is 0.331. The molecule has 0 heterocycles. The molecule has 12 heteroatoms. The van der Waals surface area contributed by atoms with Gasteiger partial charge in [-0.05, 0) is 66.3 Å². The number of aliphatic carboxylic acids is 1. The van der Waals surface area contributed by atoms with E-state index in [1.807, 2.05) is 0 Å². The van der Waals surface area contributed by atoms with Crippen LogP contribution in [-0.4, -0.2) is 63.4 Å². The molecule has 1 aliphatic carbocycles. The topological polar surface area (TPSA) is 130 Å². The molecule has 2 aromatic rings. The molecular weight excluding hydrogens is 555 g/mol. The number of hydrogen-bond acceptors (Lipinski definition) is 6. The lowest BCUT2D eigenvalue weighted by atomic mass is 10.0. The number of hydrogen-bond donors (Lipinski definition) is 2. The number of nitrogens with zero attached hydrogens (tertiary/aromatic N) is 1. The quantitative estimate of drug-likeness (QED) is 0.318. The first kappa shape index (κ1) is 31.3. The lowest BCUT2D eigenvalue weighted by Gasteiger charge is -2.21. The summed E-state index contributed by atoms with van der Waals surface area (Å²) in [7, 11) is -3.45. The Balaban J connectivity index is 1.72. The zero-order valence-electron chi connectivity index (χ0n) is 23.3. The van der Waals surface area contributed by atoms with Crippen molar-refractivity contribution in [2.24, 2.45) is 0 Å². The number of nitrogens with one attached hydrogen (secondary N) is 1. The lowest BCUT2D eigenvalue weighted by Crippen LogP contribution is -2.30. The molecule has 218 valence electrons. The third kappa shape index (κ3) is 9.15. The zero-order chi connectivity index (χ0) is 29.7. The molecule has 3 rings (SSSR count). The van der Waals surface area contributed by atoms with Gasteiger partial charge in [0.25, 0.3) is 0 Å². The third-order valence-corrected chi connectivity index (χ3v) is 10.6. The van der Waals surface area contributed by atoms with Crippen LogP contribution in [0.2, 0.25) is 25.7 Å². The number of amides is 2. The molecule has 0 radical (unpaired) electrons. The van der Waals surface area contributed by atoms with Crippen molar-refractivity contribution in [3.8, 4) is 0 Å². The molecule has 40 heavy (non-hydrogen) atoms. The molecular formula is C28H37FN2O7SSi. The summed E-state index contributed by atoms with van der Waals surface area (Å²) in [6, 6.07) is 9.30. The third-order valence-electron chi connectivity index (χ3n) is 6.50. The zero-order valence-corrected chi connectivity index (χ0v) is 25.1. The number of benzene rings is 2. The van der Waals surface area contributed by atoms with E-state index in [-0.39, 0.29) is 36.3 Å². The van der Waals surface area contributed by atoms with Gasteiger partial charge < -0.3 is 20.1 Å². The normalized spacial score (nSPS) is 13.5. The smallest absolute Gasteiger partial charge is 0.409 e. The number of anilines is 1. The van der Waals surface area contributed by atoms with E-state index in [0.29, 0.717) is 36.3 Å². The number of ether oxygens (including phenoxy) is 1. The molecule has 0 unspecified atom stereocenters. The van der Waals surface area contributed by atoms with Crippen molar-refractivity contribution in [3.63, 3.8) is 0 Å². The van der Waals surface area contributed by atoms with Gasteiger partial charge in [-0.15, -0.1) is 0 Å². The number of sulfone groups is 1. The summed E-state index contributed by atoms with van der Waals surface area (Å²) in [4.78, 5) is 37.6. The number of carbonyl (C=O) groups is 3. The van der Waals surface area contributed by atoms with Crippen LogP contribution in [0.3, 0.4) is 0 Å². The maximum absolute atomic E-state index is 14.2. The van der Waals surface area contributed by atoms with Crippen LogP contribution in [0.15, 0.2) is 41.3 Å². The van der Waals surface area contributed by atoms with Crippen molar-refractivity contribution < 1.29 is 37.0 Å². The average Bonchev–Trinajstić information content (AvgIpc) is 3.69. The van der Waals surface area contributed by atoms with E-state index in [0.717, 1.165) is 6.04 Å². The molecule has 1 saturated carbocycles. The molecule has 0 bridgehead atoms. The van der Waals surface area contributed by atoms with Crippen molar-refractivity contribution in [2.45, 2.75) is 74.5 Å². The number of carbonyl (C=O) groups excluding carboxylic acids is 2. The standard InChI is InChI=1S/C28H37FN2O7SSi/c1-31(28(35)38-13-14-40(2,3)4)18-21-17-22(7-11-25(21)39(36,37)23-8-9-23)30-26(32)12-6-20-15-19(16-27(33)34)5-10-24(20)29/h5,7,10-11,15,17,23H,6,8-9,12-14,16,18H2,1-4H3,(H,30,32)(H,33,34). The highest BCUT2D eigenvalue weighted by Gasteiger charge is 2.38. The number of carboxylic acid groups (broad SMARTS) is 1. The van der Waals surface area contributed by atoms with Gasteiger partial charge in [0.1, 0.15) is 5.82 Å². The van der Waals surface area contributed by atoms with E-state index in [9.17, 15) is 27.2 Å². The molecule has 0 aliphatic heterocycles. The van der Waals surface area contributed by atoms with Gasteiger partial charge in [0.05, 0.1) is 29.7 Å². The van der Waals surface area contributed by atoms with Crippen molar-refractivity contribution in [1.29, 1.82) is 0 Å². The van der Waals surface area contributed by atoms with Crippen LogP contribution in [-0.2, 0) is 43.5 Å². The Bertz CT molecular complexity index is 1370. The second-order valence-electron chi connectivity index (χ2n) is 11.4. The first-order chi connectivity index (χ1) is 18.7. The van der Waals surface area contributed by atoms with Crippen molar-refractivity contribution in [2.75, 3.05) is 19.0 Å². The fraction of sp³-hybridized carbons (Fsp3) is 0.464. The van der Waals surface area contributed by atoms with E-state index >= 15 is 0 Å². The Hall–Kier alpha value is -3.25. The van der Waals surface area contributed by atoms with Gasteiger partial charge in [0.2, 0.25) is 5.91 Å². The van der Waals surface area contributed by atoms with Crippen LogP contribution in [0.25, 0.3) is 0 Å². The highest BCUT2D eigenvalue weighted by atomic mass is 32.2. The summed E-state index contributed by atoms with van der Waals surface area (Å²) in [6.45, 7) is 6.78. The Kier molecular flexibility index (Phi) is 10.1. The predicted molar refractivity (Wildman–Crippen MR) is 152 cm³/mol. The number of aryl methyl sites for hydroxylation is 1. The fourth-order valence-electron chi connectivity index (χ4n) is 4.07. The molecule has 0 atom stereocenters. The van der Waals surface area contributed by atoms with Gasteiger partial charge in [-0.3, -0.25) is 9.59 Å². The second-order valence-corrected chi connectivity index (χ2v) is 19.2. The van der Waals surface area contributed by atoms with Crippen LogP contribution in [0.4, 0.5) is 14.9 Å². The minimum atomic E-state index is -3.58. The molecule has 0 aromatic heterocycles. The summed E-state index contributed by atoms with van der Waals surface area (Å²) in [5, 5.41) is 11.2. The van der Waals surface area contributed by atoms with E-state index in [1.165, 1.54) is 48.3 Å². The maximum atomic E-state index is 14.2. The SMILES string of the molecule is CN(Cc1cc(NC(=O)CCc2cc(CC(=O)O)ccc2F)ccc1S(=O)(=O)C1CC1)C(=O)OCC[Si](C)(C)C. The van der Waals surface area contributed by atoms with Crippen LogP contribution < -0.4 is 5.32 Å². The van der Waals surface area contributed by atoms with Gasteiger partial charge in [-0.25, -0.2) is 17.6 Å². The highest BCUT2D eigenvalue weighted by Crippen LogP contribution is 2.36. The first-order valence-corrected chi connectivity index (χ1v) is 18.4. The van der Waals surface area contributed by atoms with Gasteiger partial charge in [-0.2, -0.15) is 0 Å². The molecule has 1 fully saturated rings. The molecule has 2 N–H and O–H groups in total. The fourth-order valence-corrected chi connectivity index (χ4v) is 6.64. The van der Waals surface area contributed by atoms with Crippen LogP contribution in [0, 0.1) is 5.82 Å². The Morgan fingerprint density at radius 2 is 1.80 bits per heavy atom. The molecule has 0 saturated heterocycles. The average molecular weight is 593 g/mol. The maximum Gasteiger partial charge on any atom is 0.409 e. The number of halogens is 1. The van der Waals surface area contributed by atoms with Crippen LogP contribution in [0.5, 0.6) is 0 Å². The van der Waals surface area contributed by atoms with Gasteiger partial charge in [-0.1, -0.05) is 31.8 Å². The number of rotatable bonds is 13. The van der Waals surface area contributed by atoms with Gasteiger partial charge in [0, 0.05) is 27.2 Å². The molecule has 1 aliphatic rings. The minimum absolute atomic E-state index is 0.0294. The first-order valence-electron chi connectivity index (χ1n) is 13.2. The largest absolute Gasteiger partial charge is 0.481 e. The van der Waals surface area contributed by atoms with E-state index < -0.39 is 46.9 Å². The predicted octanol–water partition coefficient (Wildman–Crippen LogP) is 4.87. The summed E-state index contributed by atoms with van der Waals surface area (Å²) >= 11 is 0. The minimum Gasteiger partial charge on any atom is -0.481 e. The van der Waals surface area contributed by atoms with E-state index in [4.69, 9.17) is 9.84 Å².